The molecule has 22 heavy (non-hydrogen) atoms. The van der Waals surface area contributed by atoms with Crippen molar-refractivity contribution in [3.63, 3.8) is 0 Å². The number of aromatic nitrogens is 2. The van der Waals surface area contributed by atoms with Crippen LogP contribution in [0.15, 0.2) is 47.2 Å². The molecule has 1 aromatic heterocycles. The lowest BCUT2D eigenvalue weighted by molar-refractivity contribution is -0.122. The predicted molar refractivity (Wildman–Crippen MR) is 88.7 cm³/mol. The zero-order valence-corrected chi connectivity index (χ0v) is 14.1. The molecule has 0 fully saturated rings. The van der Waals surface area contributed by atoms with Gasteiger partial charge in [-0.25, -0.2) is 0 Å². The molecule has 1 atom stereocenters. The number of hydrogen-bond acceptors (Lipinski definition) is 3. The first kappa shape index (κ1) is 16.5. The number of para-hydroxylation sites is 1. The molecule has 1 amide bonds. The molecule has 0 aliphatic heterocycles. The fourth-order valence-electron chi connectivity index (χ4n) is 2.06. The van der Waals surface area contributed by atoms with Crippen molar-refractivity contribution in [3.05, 3.63) is 47.2 Å². The highest BCUT2D eigenvalue weighted by atomic mass is 79.9. The molecule has 0 saturated carbocycles. The molecule has 0 radical (unpaired) electrons. The number of carbonyl (C=O) groups excluding carboxylic acids is 1. The van der Waals surface area contributed by atoms with E-state index in [-0.39, 0.29) is 11.9 Å². The minimum atomic E-state index is 0.0374. The molecule has 2 aromatic rings. The minimum Gasteiger partial charge on any atom is -0.492 e. The molecule has 0 bridgehead atoms. The Labute approximate surface area is 138 Å². The fourth-order valence-corrected chi connectivity index (χ4v) is 2.46. The van der Waals surface area contributed by atoms with Crippen molar-refractivity contribution in [1.82, 2.24) is 15.1 Å². The van der Waals surface area contributed by atoms with E-state index >= 15 is 0 Å². The number of nitrogens with zero attached hydrogens (tertiary/aromatic N) is 2. The second-order valence-electron chi connectivity index (χ2n) is 5.08. The van der Waals surface area contributed by atoms with Crippen molar-refractivity contribution in [2.24, 2.45) is 0 Å². The van der Waals surface area contributed by atoms with Gasteiger partial charge in [0, 0.05) is 24.9 Å². The first-order valence-corrected chi connectivity index (χ1v) is 8.08. The van der Waals surface area contributed by atoms with Gasteiger partial charge in [0.15, 0.2) is 0 Å². The van der Waals surface area contributed by atoms with Crippen LogP contribution in [0.2, 0.25) is 0 Å². The van der Waals surface area contributed by atoms with E-state index in [1.807, 2.05) is 43.5 Å². The van der Waals surface area contributed by atoms with Crippen molar-refractivity contribution in [2.45, 2.75) is 32.4 Å². The second-order valence-corrected chi connectivity index (χ2v) is 5.93. The van der Waals surface area contributed by atoms with Crippen molar-refractivity contribution < 1.29 is 9.53 Å². The molecular formula is C16H20BrN3O2. The maximum absolute atomic E-state index is 11.9. The van der Waals surface area contributed by atoms with E-state index in [0.717, 1.165) is 10.2 Å². The normalized spacial score (nSPS) is 11.9. The summed E-state index contributed by atoms with van der Waals surface area (Å²) < 4.78 is 8.37. The summed E-state index contributed by atoms with van der Waals surface area (Å²) in [5.41, 5.74) is 0. The number of rotatable bonds is 8. The van der Waals surface area contributed by atoms with Gasteiger partial charge in [0.2, 0.25) is 5.91 Å². The lowest BCUT2D eigenvalue weighted by atomic mass is 10.2. The van der Waals surface area contributed by atoms with Gasteiger partial charge in [-0.3, -0.25) is 9.48 Å². The quantitative estimate of drug-likeness (QED) is 0.731. The Morgan fingerprint density at radius 1 is 1.41 bits per heavy atom. The van der Waals surface area contributed by atoms with Crippen LogP contribution >= 0.6 is 15.9 Å². The van der Waals surface area contributed by atoms with Crippen LogP contribution in [-0.4, -0.2) is 28.3 Å². The van der Waals surface area contributed by atoms with E-state index in [2.05, 4.69) is 26.3 Å². The summed E-state index contributed by atoms with van der Waals surface area (Å²) >= 11 is 3.43. The van der Waals surface area contributed by atoms with Gasteiger partial charge in [-0.15, -0.1) is 0 Å². The number of benzene rings is 1. The smallest absolute Gasteiger partial charge is 0.220 e. The number of carbonyl (C=O) groups is 1. The maximum atomic E-state index is 11.9. The minimum absolute atomic E-state index is 0.0374. The van der Waals surface area contributed by atoms with Crippen LogP contribution in [0.1, 0.15) is 19.8 Å². The zero-order chi connectivity index (χ0) is 15.8. The second kappa shape index (κ2) is 8.58. The van der Waals surface area contributed by atoms with E-state index in [4.69, 9.17) is 4.74 Å². The summed E-state index contributed by atoms with van der Waals surface area (Å²) in [6.07, 6.45) is 4.75. The fraction of sp³-hybridized carbons (Fsp3) is 0.375. The molecule has 2 rings (SSSR count). The molecule has 1 aromatic carbocycles. The molecule has 0 aliphatic carbocycles. The average molecular weight is 366 g/mol. The molecule has 1 N–H and O–H groups in total. The van der Waals surface area contributed by atoms with Gasteiger partial charge in [-0.05, 0) is 47.5 Å². The zero-order valence-electron chi connectivity index (χ0n) is 12.5. The van der Waals surface area contributed by atoms with E-state index in [9.17, 15) is 4.79 Å². The molecule has 1 heterocycles. The Morgan fingerprint density at radius 3 is 2.95 bits per heavy atom. The predicted octanol–water partition coefficient (Wildman–Crippen LogP) is 3.01. The van der Waals surface area contributed by atoms with Gasteiger partial charge in [0.05, 0.1) is 17.6 Å². The first-order chi connectivity index (χ1) is 10.6. The Bertz CT molecular complexity index is 587. The monoisotopic (exact) mass is 365 g/mol. The van der Waals surface area contributed by atoms with Gasteiger partial charge >= 0.3 is 0 Å². The summed E-state index contributed by atoms with van der Waals surface area (Å²) in [5.74, 6) is 0.838. The van der Waals surface area contributed by atoms with Crippen LogP contribution in [0.4, 0.5) is 0 Å². The van der Waals surface area contributed by atoms with Crippen molar-refractivity contribution in [2.75, 3.05) is 6.61 Å². The summed E-state index contributed by atoms with van der Waals surface area (Å²) in [6, 6.07) is 9.61. The topological polar surface area (TPSA) is 56.2 Å². The van der Waals surface area contributed by atoms with Crippen LogP contribution in [0.3, 0.4) is 0 Å². The van der Waals surface area contributed by atoms with Gasteiger partial charge < -0.3 is 10.1 Å². The maximum Gasteiger partial charge on any atom is 0.220 e. The molecular weight excluding hydrogens is 346 g/mol. The molecule has 0 unspecified atom stereocenters. The van der Waals surface area contributed by atoms with Crippen molar-refractivity contribution in [1.29, 1.82) is 0 Å². The lowest BCUT2D eigenvalue weighted by Gasteiger charge is -2.14. The number of ether oxygens (including phenoxy) is 1. The summed E-state index contributed by atoms with van der Waals surface area (Å²) in [4.78, 5) is 11.9. The molecule has 6 heteroatoms. The molecule has 5 nitrogen and oxygen atoms in total. The van der Waals surface area contributed by atoms with Gasteiger partial charge in [0.25, 0.3) is 0 Å². The SMILES string of the molecule is C[C@@H](Cn1cccn1)NC(=O)CCCOc1ccccc1Br. The van der Waals surface area contributed by atoms with Crippen LogP contribution < -0.4 is 10.1 Å². The van der Waals surface area contributed by atoms with Crippen LogP contribution in [0.5, 0.6) is 5.75 Å². The Morgan fingerprint density at radius 2 is 2.23 bits per heavy atom. The van der Waals surface area contributed by atoms with Gasteiger partial charge in [0.1, 0.15) is 5.75 Å². The third-order valence-electron chi connectivity index (χ3n) is 3.07. The highest BCUT2D eigenvalue weighted by Gasteiger charge is 2.08. The van der Waals surface area contributed by atoms with Crippen molar-refractivity contribution >= 4 is 21.8 Å². The lowest BCUT2D eigenvalue weighted by Crippen LogP contribution is -2.35. The number of hydrogen-bond donors (Lipinski definition) is 1. The summed E-state index contributed by atoms with van der Waals surface area (Å²) in [5, 5.41) is 7.09. The highest BCUT2D eigenvalue weighted by Crippen LogP contribution is 2.23. The largest absolute Gasteiger partial charge is 0.492 e. The van der Waals surface area contributed by atoms with E-state index < -0.39 is 0 Å². The van der Waals surface area contributed by atoms with E-state index in [0.29, 0.717) is 26.0 Å². The number of nitrogens with one attached hydrogen (secondary N) is 1. The molecule has 0 aliphatic rings. The summed E-state index contributed by atoms with van der Waals surface area (Å²) in [6.45, 7) is 3.16. The average Bonchev–Trinajstić information content (AvgIpc) is 2.98. The highest BCUT2D eigenvalue weighted by molar-refractivity contribution is 9.10. The Kier molecular flexibility index (Phi) is 6.45. The molecule has 118 valence electrons. The summed E-state index contributed by atoms with van der Waals surface area (Å²) in [7, 11) is 0. The molecule has 0 spiro atoms. The third kappa shape index (κ3) is 5.52. The van der Waals surface area contributed by atoms with E-state index in [1.165, 1.54) is 0 Å². The number of amides is 1. The van der Waals surface area contributed by atoms with Gasteiger partial charge in [-0.2, -0.15) is 5.10 Å². The standard InChI is InChI=1S/C16H20BrN3O2/c1-13(12-20-10-5-9-18-20)19-16(21)8-4-11-22-15-7-3-2-6-14(15)17/h2-3,5-7,9-10,13H,4,8,11-12H2,1H3,(H,19,21)/t13-/m0/s1. The Hall–Kier alpha value is -1.82. The van der Waals surface area contributed by atoms with E-state index in [1.54, 1.807) is 10.9 Å². The first-order valence-electron chi connectivity index (χ1n) is 7.29. The van der Waals surface area contributed by atoms with Crippen molar-refractivity contribution in [3.8, 4) is 5.75 Å². The third-order valence-corrected chi connectivity index (χ3v) is 3.73. The molecule has 0 saturated heterocycles. The van der Waals surface area contributed by atoms with Crippen LogP contribution in [0, 0.1) is 0 Å². The van der Waals surface area contributed by atoms with Crippen LogP contribution in [-0.2, 0) is 11.3 Å². The number of halogens is 1. The van der Waals surface area contributed by atoms with Gasteiger partial charge in [-0.1, -0.05) is 12.1 Å². The van der Waals surface area contributed by atoms with Crippen LogP contribution in [0.25, 0.3) is 0 Å². The Balaban J connectivity index is 1.62.